The van der Waals surface area contributed by atoms with Crippen LogP contribution >= 0.6 is 0 Å². The van der Waals surface area contributed by atoms with E-state index in [1.807, 2.05) is 14.2 Å². The molecule has 0 aromatic rings. The summed E-state index contributed by atoms with van der Waals surface area (Å²) in [5, 5.41) is 0. The molecule has 27 heavy (non-hydrogen) atoms. The van der Waals surface area contributed by atoms with Crippen molar-refractivity contribution in [1.82, 2.24) is 14.7 Å². The molecule has 0 aromatic carbocycles. The van der Waals surface area contributed by atoms with Gasteiger partial charge in [-0.05, 0) is 45.3 Å². The molecule has 0 bridgehead atoms. The quantitative estimate of drug-likeness (QED) is 0.345. The summed E-state index contributed by atoms with van der Waals surface area (Å²) < 4.78 is 12.2. The zero-order valence-corrected chi connectivity index (χ0v) is 20.9. The zero-order chi connectivity index (χ0) is 20.9. The Bertz CT molecular complexity index is 311. The molecule has 0 aliphatic carbocycles. The van der Waals surface area contributed by atoms with Crippen LogP contribution in [0.4, 0.5) is 0 Å². The van der Waals surface area contributed by atoms with Crippen LogP contribution in [0.15, 0.2) is 0 Å². The molecule has 0 aliphatic rings. The van der Waals surface area contributed by atoms with Crippen LogP contribution in [0, 0.1) is 5.41 Å². The minimum absolute atomic E-state index is 0.151. The largest absolute Gasteiger partial charge is 0.398 e. The highest BCUT2D eigenvalue weighted by Gasteiger charge is 2.46. The fourth-order valence-electron chi connectivity index (χ4n) is 4.30. The van der Waals surface area contributed by atoms with E-state index in [9.17, 15) is 0 Å². The minimum atomic E-state index is -2.21. The van der Waals surface area contributed by atoms with Gasteiger partial charge in [0.1, 0.15) is 0 Å². The van der Waals surface area contributed by atoms with Gasteiger partial charge in [-0.15, -0.1) is 0 Å². The van der Waals surface area contributed by atoms with E-state index >= 15 is 0 Å². The molecule has 0 radical (unpaired) electrons. The molecule has 0 saturated carbocycles. The predicted octanol–water partition coefficient (Wildman–Crippen LogP) is 3.75. The molecule has 0 heterocycles. The van der Waals surface area contributed by atoms with Crippen LogP contribution in [-0.2, 0) is 8.85 Å². The average molecular weight is 404 g/mol. The summed E-state index contributed by atoms with van der Waals surface area (Å²) in [5.41, 5.74) is 0.151. The average Bonchev–Trinajstić information content (AvgIpc) is 2.72. The van der Waals surface area contributed by atoms with Crippen LogP contribution in [0.1, 0.15) is 48.5 Å². The Morgan fingerprint density at radius 2 is 0.889 bits per heavy atom. The molecule has 6 heteroatoms. The molecule has 0 aliphatic heterocycles. The van der Waals surface area contributed by atoms with Gasteiger partial charge in [0.15, 0.2) is 0 Å². The van der Waals surface area contributed by atoms with Crippen LogP contribution in [0.2, 0.25) is 12.1 Å². The summed E-state index contributed by atoms with van der Waals surface area (Å²) in [4.78, 5) is 7.77. The van der Waals surface area contributed by atoms with E-state index in [0.717, 1.165) is 71.0 Å². The Hall–Kier alpha value is 0.0169. The lowest BCUT2D eigenvalue weighted by Gasteiger charge is -2.47. The molecule has 0 aromatic heterocycles. The molecule has 0 spiro atoms. The van der Waals surface area contributed by atoms with Crippen LogP contribution in [0.25, 0.3) is 0 Å². The van der Waals surface area contributed by atoms with E-state index in [0.29, 0.717) is 0 Å². The highest BCUT2D eigenvalue weighted by molar-refractivity contribution is 6.67. The SMILES string of the molecule is CCN(CC)CC(CN(CC)CC)(CN(CC)CC)C[Si](CC)(OC)OC. The lowest BCUT2D eigenvalue weighted by molar-refractivity contribution is 0.0658. The lowest BCUT2D eigenvalue weighted by Crippen LogP contribution is -2.57. The fourth-order valence-corrected chi connectivity index (χ4v) is 7.06. The third-order valence-electron chi connectivity index (χ3n) is 6.29. The molecule has 0 fully saturated rings. The van der Waals surface area contributed by atoms with Crippen molar-refractivity contribution in [2.45, 2.75) is 60.6 Å². The monoisotopic (exact) mass is 403 g/mol. The number of rotatable bonds is 17. The van der Waals surface area contributed by atoms with Crippen molar-refractivity contribution < 1.29 is 8.85 Å². The van der Waals surface area contributed by atoms with Gasteiger partial charge < -0.3 is 23.6 Å². The second-order valence-electron chi connectivity index (χ2n) is 7.73. The van der Waals surface area contributed by atoms with Crippen LogP contribution in [-0.4, -0.2) is 96.4 Å². The molecular weight excluding hydrogens is 354 g/mol. The first-order valence-corrected chi connectivity index (χ1v) is 13.4. The van der Waals surface area contributed by atoms with Crippen molar-refractivity contribution >= 4 is 8.56 Å². The highest BCUT2D eigenvalue weighted by atomic mass is 28.4. The van der Waals surface area contributed by atoms with Gasteiger partial charge in [0.05, 0.1) is 0 Å². The number of nitrogens with zero attached hydrogens (tertiary/aromatic N) is 3. The summed E-state index contributed by atoms with van der Waals surface area (Å²) in [6.07, 6.45) is 0. The van der Waals surface area contributed by atoms with E-state index in [4.69, 9.17) is 8.85 Å². The third-order valence-corrected chi connectivity index (χ3v) is 10.1. The first-order chi connectivity index (χ1) is 12.9. The minimum Gasteiger partial charge on any atom is -0.398 e. The van der Waals surface area contributed by atoms with E-state index in [2.05, 4.69) is 63.2 Å². The van der Waals surface area contributed by atoms with E-state index in [1.165, 1.54) is 0 Å². The number of hydrogen-bond acceptors (Lipinski definition) is 5. The van der Waals surface area contributed by atoms with E-state index in [1.54, 1.807) is 0 Å². The van der Waals surface area contributed by atoms with Crippen molar-refractivity contribution in [2.24, 2.45) is 5.41 Å². The van der Waals surface area contributed by atoms with Crippen LogP contribution in [0.3, 0.4) is 0 Å². The molecular formula is C21H49N3O2Si. The van der Waals surface area contributed by atoms with Gasteiger partial charge in [0.2, 0.25) is 0 Å². The van der Waals surface area contributed by atoms with Crippen molar-refractivity contribution in [2.75, 3.05) is 73.1 Å². The lowest BCUT2D eigenvalue weighted by atomic mass is 9.87. The van der Waals surface area contributed by atoms with Gasteiger partial charge in [-0.2, -0.15) is 0 Å². The Morgan fingerprint density at radius 3 is 1.07 bits per heavy atom. The predicted molar refractivity (Wildman–Crippen MR) is 121 cm³/mol. The summed E-state index contributed by atoms with van der Waals surface area (Å²) >= 11 is 0. The first-order valence-electron chi connectivity index (χ1n) is 11.1. The first kappa shape index (κ1) is 27.0. The smallest absolute Gasteiger partial charge is 0.338 e. The Balaban J connectivity index is 6.06. The second-order valence-corrected chi connectivity index (χ2v) is 11.4. The van der Waals surface area contributed by atoms with Gasteiger partial charge in [-0.1, -0.05) is 48.5 Å². The third kappa shape index (κ3) is 8.50. The van der Waals surface area contributed by atoms with E-state index < -0.39 is 8.56 Å². The molecule has 0 amide bonds. The maximum Gasteiger partial charge on any atom is 0.338 e. The van der Waals surface area contributed by atoms with Crippen molar-refractivity contribution in [3.8, 4) is 0 Å². The van der Waals surface area contributed by atoms with Crippen molar-refractivity contribution in [3.63, 3.8) is 0 Å². The van der Waals surface area contributed by atoms with Gasteiger partial charge in [-0.25, -0.2) is 0 Å². The van der Waals surface area contributed by atoms with Gasteiger partial charge in [-0.3, -0.25) is 0 Å². The van der Waals surface area contributed by atoms with E-state index in [-0.39, 0.29) is 5.41 Å². The summed E-state index contributed by atoms with van der Waals surface area (Å²) in [6.45, 7) is 25.8. The van der Waals surface area contributed by atoms with Crippen LogP contribution < -0.4 is 0 Å². The molecule has 0 saturated heterocycles. The van der Waals surface area contributed by atoms with Crippen molar-refractivity contribution in [1.29, 1.82) is 0 Å². The maximum atomic E-state index is 6.10. The normalized spacial score (nSPS) is 13.3. The van der Waals surface area contributed by atoms with Gasteiger partial charge in [0, 0.05) is 45.3 Å². The molecule has 5 nitrogen and oxygen atoms in total. The summed E-state index contributed by atoms with van der Waals surface area (Å²) in [6, 6.07) is 2.05. The summed E-state index contributed by atoms with van der Waals surface area (Å²) in [5.74, 6) is 0. The molecule has 0 unspecified atom stereocenters. The standard InChI is InChI=1S/C21H49N3O2Si/c1-10-22(11-2)17-21(18-23(12-3)13-4,19-24(14-5)15-6)20-27(16-7,25-8)26-9/h10-20H2,1-9H3. The highest BCUT2D eigenvalue weighted by Crippen LogP contribution is 2.35. The Morgan fingerprint density at radius 1 is 0.593 bits per heavy atom. The molecule has 0 N–H and O–H groups in total. The van der Waals surface area contributed by atoms with Crippen LogP contribution in [0.5, 0.6) is 0 Å². The topological polar surface area (TPSA) is 28.2 Å². The summed E-state index contributed by atoms with van der Waals surface area (Å²) in [7, 11) is 1.50. The Labute approximate surface area is 171 Å². The van der Waals surface area contributed by atoms with Gasteiger partial charge in [0.25, 0.3) is 0 Å². The maximum absolute atomic E-state index is 6.10. The molecule has 164 valence electrons. The molecule has 0 rings (SSSR count). The van der Waals surface area contributed by atoms with Gasteiger partial charge >= 0.3 is 8.56 Å². The molecule has 0 atom stereocenters. The Kier molecular flexibility index (Phi) is 14.1. The second kappa shape index (κ2) is 14.1. The fraction of sp³-hybridized carbons (Fsp3) is 1.00. The number of hydrogen-bond donors (Lipinski definition) is 0. The zero-order valence-electron chi connectivity index (χ0n) is 19.9. The van der Waals surface area contributed by atoms with Crippen molar-refractivity contribution in [3.05, 3.63) is 0 Å².